The predicted octanol–water partition coefficient (Wildman–Crippen LogP) is 10.5. The molecule has 0 heterocycles. The minimum atomic E-state index is 0.518. The van der Waals surface area contributed by atoms with E-state index in [4.69, 9.17) is 5.73 Å². The summed E-state index contributed by atoms with van der Waals surface area (Å²) in [5.74, 6) is 1.01. The van der Waals surface area contributed by atoms with Crippen LogP contribution in [0.3, 0.4) is 0 Å². The average molecular weight is 493 g/mol. The van der Waals surface area contributed by atoms with E-state index in [0.29, 0.717) is 6.04 Å². The van der Waals surface area contributed by atoms with Gasteiger partial charge < -0.3 is 11.1 Å². The summed E-state index contributed by atoms with van der Waals surface area (Å²) in [4.78, 5) is 0. The number of unbranched alkanes of at least 4 members (excludes halogenated alkanes) is 15. The molecule has 0 spiro atoms. The van der Waals surface area contributed by atoms with Crippen LogP contribution >= 0.6 is 0 Å². The lowest BCUT2D eigenvalue weighted by molar-refractivity contribution is 0.302. The van der Waals surface area contributed by atoms with E-state index in [-0.39, 0.29) is 0 Å². The van der Waals surface area contributed by atoms with Gasteiger partial charge in [-0.2, -0.15) is 0 Å². The van der Waals surface area contributed by atoms with Crippen molar-refractivity contribution in [2.75, 3.05) is 6.54 Å². The van der Waals surface area contributed by atoms with Crippen molar-refractivity contribution in [3.63, 3.8) is 0 Å². The zero-order valence-electron chi connectivity index (χ0n) is 24.6. The Morgan fingerprint density at radius 3 is 1.49 bits per heavy atom. The van der Waals surface area contributed by atoms with E-state index in [0.717, 1.165) is 12.0 Å². The zero-order valence-corrected chi connectivity index (χ0v) is 24.6. The molecule has 0 aromatic heterocycles. The first kappa shape index (κ1) is 32.9. The van der Waals surface area contributed by atoms with E-state index in [1.54, 1.807) is 0 Å². The standard InChI is InChI=1S/C17H35N.C16H33N/c1-2-3-4-5-6-7-8-9-13-16-18-17-14-11-10-12-15-17;1-2-3-4-5-6-7-8-9-10-15-11-13-16(17)14-12-15/h17-18H,2-16H2,1H3;15-16H,2-14,17H2,1H3. The smallest absolute Gasteiger partial charge is 0.00670 e. The fourth-order valence-corrected chi connectivity index (χ4v) is 6.09. The van der Waals surface area contributed by atoms with Crippen molar-refractivity contribution in [1.82, 2.24) is 5.32 Å². The fraction of sp³-hybridized carbons (Fsp3) is 1.00. The lowest BCUT2D eigenvalue weighted by Crippen LogP contribution is -2.31. The van der Waals surface area contributed by atoms with Crippen LogP contribution in [-0.4, -0.2) is 18.6 Å². The third-order valence-electron chi connectivity index (χ3n) is 8.68. The quantitative estimate of drug-likeness (QED) is 0.166. The van der Waals surface area contributed by atoms with Crippen LogP contribution in [0.1, 0.15) is 187 Å². The molecule has 2 nitrogen and oxygen atoms in total. The van der Waals surface area contributed by atoms with Gasteiger partial charge in [-0.05, 0) is 57.4 Å². The summed E-state index contributed by atoms with van der Waals surface area (Å²) in [5.41, 5.74) is 5.93. The number of nitrogens with one attached hydrogen (secondary N) is 1. The van der Waals surface area contributed by atoms with E-state index >= 15 is 0 Å². The average Bonchev–Trinajstić information content (AvgIpc) is 2.89. The largest absolute Gasteiger partial charge is 0.328 e. The van der Waals surface area contributed by atoms with E-state index in [1.165, 1.54) is 180 Å². The molecule has 35 heavy (non-hydrogen) atoms. The molecule has 210 valence electrons. The minimum Gasteiger partial charge on any atom is -0.328 e. The maximum Gasteiger partial charge on any atom is 0.00670 e. The van der Waals surface area contributed by atoms with Gasteiger partial charge in [0.2, 0.25) is 0 Å². The van der Waals surface area contributed by atoms with Gasteiger partial charge in [0.05, 0.1) is 0 Å². The Morgan fingerprint density at radius 1 is 0.514 bits per heavy atom. The van der Waals surface area contributed by atoms with Gasteiger partial charge >= 0.3 is 0 Å². The van der Waals surface area contributed by atoms with E-state index in [2.05, 4.69) is 19.2 Å². The molecule has 2 heteroatoms. The monoisotopic (exact) mass is 493 g/mol. The number of nitrogens with two attached hydrogens (primary N) is 1. The molecule has 0 radical (unpaired) electrons. The molecule has 2 fully saturated rings. The molecule has 0 aromatic rings. The van der Waals surface area contributed by atoms with Crippen molar-refractivity contribution in [1.29, 1.82) is 0 Å². The maximum atomic E-state index is 5.93. The lowest BCUT2D eigenvalue weighted by Gasteiger charge is -2.25. The molecule has 0 atom stereocenters. The summed E-state index contributed by atoms with van der Waals surface area (Å²) in [6.45, 7) is 5.84. The Balaban J connectivity index is 0.000000351. The van der Waals surface area contributed by atoms with Crippen LogP contribution < -0.4 is 11.1 Å². The second-order valence-electron chi connectivity index (χ2n) is 12.2. The Morgan fingerprint density at radius 2 is 0.971 bits per heavy atom. The topological polar surface area (TPSA) is 38.0 Å². The summed E-state index contributed by atoms with van der Waals surface area (Å²) >= 11 is 0. The van der Waals surface area contributed by atoms with Gasteiger partial charge in [0.15, 0.2) is 0 Å². The van der Waals surface area contributed by atoms with Gasteiger partial charge in [-0.15, -0.1) is 0 Å². The van der Waals surface area contributed by atoms with E-state index in [9.17, 15) is 0 Å². The van der Waals surface area contributed by atoms with Crippen molar-refractivity contribution >= 4 is 0 Å². The summed E-state index contributed by atoms with van der Waals surface area (Å²) < 4.78 is 0. The summed E-state index contributed by atoms with van der Waals surface area (Å²) in [6, 6.07) is 1.37. The summed E-state index contributed by atoms with van der Waals surface area (Å²) in [7, 11) is 0. The molecule has 0 saturated heterocycles. The molecular formula is C33H68N2. The molecule has 0 bridgehead atoms. The van der Waals surface area contributed by atoms with Crippen molar-refractivity contribution in [2.24, 2.45) is 11.7 Å². The highest BCUT2D eigenvalue weighted by atomic mass is 14.9. The van der Waals surface area contributed by atoms with Crippen LogP contribution in [0.2, 0.25) is 0 Å². The van der Waals surface area contributed by atoms with E-state index in [1.807, 2.05) is 0 Å². The molecule has 0 amide bonds. The van der Waals surface area contributed by atoms with Crippen LogP contribution in [0.5, 0.6) is 0 Å². The first-order valence-electron chi connectivity index (χ1n) is 16.7. The Kier molecular flexibility index (Phi) is 24.1. The normalized spacial score (nSPS) is 21.0. The summed E-state index contributed by atoms with van der Waals surface area (Å²) in [5, 5.41) is 3.74. The molecule has 0 aromatic carbocycles. The number of hydrogen-bond donors (Lipinski definition) is 2. The van der Waals surface area contributed by atoms with Gasteiger partial charge in [0, 0.05) is 12.1 Å². The van der Waals surface area contributed by atoms with Gasteiger partial charge in [-0.1, -0.05) is 142 Å². The molecule has 2 rings (SSSR count). The molecule has 0 unspecified atom stereocenters. The van der Waals surface area contributed by atoms with Crippen LogP contribution in [0.4, 0.5) is 0 Å². The second kappa shape index (κ2) is 25.6. The van der Waals surface area contributed by atoms with Crippen LogP contribution in [0, 0.1) is 5.92 Å². The highest BCUT2D eigenvalue weighted by Crippen LogP contribution is 2.27. The first-order chi connectivity index (χ1) is 17.3. The second-order valence-corrected chi connectivity index (χ2v) is 12.2. The Labute approximate surface area is 222 Å². The minimum absolute atomic E-state index is 0.518. The Bertz CT molecular complexity index is 396. The van der Waals surface area contributed by atoms with Gasteiger partial charge in [-0.3, -0.25) is 0 Å². The van der Waals surface area contributed by atoms with Gasteiger partial charge in [0.1, 0.15) is 0 Å². The van der Waals surface area contributed by atoms with Crippen LogP contribution in [0.15, 0.2) is 0 Å². The molecule has 2 aliphatic rings. The molecular weight excluding hydrogens is 424 g/mol. The van der Waals surface area contributed by atoms with Crippen molar-refractivity contribution in [3.8, 4) is 0 Å². The molecule has 2 saturated carbocycles. The molecule has 3 N–H and O–H groups in total. The SMILES string of the molecule is CCCCCCCCCCC1CCC(N)CC1.CCCCCCCCCCCNC1CCCCC1. The van der Waals surface area contributed by atoms with E-state index < -0.39 is 0 Å². The number of hydrogen-bond acceptors (Lipinski definition) is 2. The fourth-order valence-electron chi connectivity index (χ4n) is 6.09. The highest BCUT2D eigenvalue weighted by Gasteiger charge is 2.17. The third kappa shape index (κ3) is 21.7. The van der Waals surface area contributed by atoms with Crippen molar-refractivity contribution < 1.29 is 0 Å². The van der Waals surface area contributed by atoms with Gasteiger partial charge in [0.25, 0.3) is 0 Å². The highest BCUT2D eigenvalue weighted by molar-refractivity contribution is 4.74. The van der Waals surface area contributed by atoms with Crippen LogP contribution in [-0.2, 0) is 0 Å². The predicted molar refractivity (Wildman–Crippen MR) is 159 cm³/mol. The van der Waals surface area contributed by atoms with Crippen molar-refractivity contribution in [3.05, 3.63) is 0 Å². The zero-order chi connectivity index (χ0) is 25.2. The Hall–Kier alpha value is -0.0800. The van der Waals surface area contributed by atoms with Crippen molar-refractivity contribution in [2.45, 2.75) is 199 Å². The maximum absolute atomic E-state index is 5.93. The lowest BCUT2D eigenvalue weighted by atomic mass is 9.83. The number of rotatable bonds is 20. The van der Waals surface area contributed by atoms with Crippen LogP contribution in [0.25, 0.3) is 0 Å². The van der Waals surface area contributed by atoms with Gasteiger partial charge in [-0.25, -0.2) is 0 Å². The molecule has 2 aliphatic carbocycles. The third-order valence-corrected chi connectivity index (χ3v) is 8.68. The molecule has 0 aliphatic heterocycles. The first-order valence-corrected chi connectivity index (χ1v) is 16.7. The summed E-state index contributed by atoms with van der Waals surface area (Å²) in [6.07, 6.45) is 38.6.